The Hall–Kier alpha value is -3.04. The number of benzene rings is 1. The molecule has 4 heterocycles. The van der Waals surface area contributed by atoms with Gasteiger partial charge >= 0.3 is 0 Å². The van der Waals surface area contributed by atoms with Gasteiger partial charge in [-0.3, -0.25) is 4.79 Å². The molecule has 1 aliphatic heterocycles. The highest BCUT2D eigenvalue weighted by Crippen LogP contribution is 2.29. The van der Waals surface area contributed by atoms with Gasteiger partial charge < -0.3 is 14.5 Å². The van der Waals surface area contributed by atoms with Gasteiger partial charge in [0.05, 0.1) is 5.39 Å². The third-order valence-corrected chi connectivity index (χ3v) is 6.43. The second-order valence-electron chi connectivity index (χ2n) is 7.03. The monoisotopic (exact) mass is 495 g/mol. The van der Waals surface area contributed by atoms with Crippen LogP contribution in [-0.2, 0) is 0 Å². The van der Waals surface area contributed by atoms with Crippen molar-refractivity contribution in [1.29, 1.82) is 0 Å². The maximum Gasteiger partial charge on any atom is 0.259 e. The summed E-state index contributed by atoms with van der Waals surface area (Å²) in [5, 5.41) is 3.09. The summed E-state index contributed by atoms with van der Waals surface area (Å²) in [4.78, 5) is 31.4. The molecule has 0 saturated carbocycles. The maximum atomic E-state index is 13.2. The molecule has 31 heavy (non-hydrogen) atoms. The van der Waals surface area contributed by atoms with Crippen LogP contribution in [0.2, 0.25) is 0 Å². The van der Waals surface area contributed by atoms with Gasteiger partial charge in [0.1, 0.15) is 28.3 Å². The summed E-state index contributed by atoms with van der Waals surface area (Å²) in [6, 6.07) is 13.0. The van der Waals surface area contributed by atoms with Crippen LogP contribution < -0.4 is 9.64 Å². The number of thiophene rings is 1. The van der Waals surface area contributed by atoms with Crippen LogP contribution in [0.4, 0.5) is 5.82 Å². The average molecular weight is 496 g/mol. The van der Waals surface area contributed by atoms with E-state index in [0.29, 0.717) is 43.4 Å². The number of ether oxygens (including phenoxy) is 1. The number of carbonyl (C=O) groups is 1. The largest absolute Gasteiger partial charge is 0.438 e. The van der Waals surface area contributed by atoms with Gasteiger partial charge in [-0.1, -0.05) is 22.0 Å². The lowest BCUT2D eigenvalue weighted by molar-refractivity contribution is 0.0743. The van der Waals surface area contributed by atoms with Crippen LogP contribution in [-0.4, -0.2) is 51.9 Å². The summed E-state index contributed by atoms with van der Waals surface area (Å²) in [7, 11) is 0. The van der Waals surface area contributed by atoms with Crippen molar-refractivity contribution in [2.45, 2.75) is 0 Å². The Morgan fingerprint density at radius 2 is 1.90 bits per heavy atom. The fraction of sp³-hybridized carbons (Fsp3) is 0.182. The molecule has 0 bridgehead atoms. The summed E-state index contributed by atoms with van der Waals surface area (Å²) in [6.07, 6.45) is 3.23. The predicted octanol–water partition coefficient (Wildman–Crippen LogP) is 4.60. The number of piperazine rings is 1. The summed E-state index contributed by atoms with van der Waals surface area (Å²) in [5.74, 6) is 1.78. The van der Waals surface area contributed by atoms with Crippen LogP contribution >= 0.6 is 27.3 Å². The highest BCUT2D eigenvalue weighted by Gasteiger charge is 2.26. The number of nitrogens with zero attached hydrogens (tertiary/aromatic N) is 5. The zero-order chi connectivity index (χ0) is 21.2. The van der Waals surface area contributed by atoms with Crippen molar-refractivity contribution in [2.75, 3.05) is 31.1 Å². The quantitative estimate of drug-likeness (QED) is 0.411. The van der Waals surface area contributed by atoms with Crippen LogP contribution in [0, 0.1) is 0 Å². The molecule has 0 spiro atoms. The van der Waals surface area contributed by atoms with E-state index < -0.39 is 0 Å². The van der Waals surface area contributed by atoms with Crippen molar-refractivity contribution in [3.8, 4) is 11.6 Å². The number of hydrogen-bond donors (Lipinski definition) is 0. The second-order valence-corrected chi connectivity index (χ2v) is 8.84. The van der Waals surface area contributed by atoms with Crippen LogP contribution in [0.1, 0.15) is 10.4 Å². The van der Waals surface area contributed by atoms with Crippen LogP contribution in [0.25, 0.3) is 10.2 Å². The Labute approximate surface area is 191 Å². The summed E-state index contributed by atoms with van der Waals surface area (Å²) in [6.45, 7) is 2.60. The fourth-order valence-corrected chi connectivity index (χ4v) is 4.70. The molecule has 1 aliphatic rings. The summed E-state index contributed by atoms with van der Waals surface area (Å²) in [5.41, 5.74) is 0.457. The third kappa shape index (κ3) is 4.11. The number of halogens is 1. The molecule has 7 nitrogen and oxygen atoms in total. The Morgan fingerprint density at radius 3 is 2.74 bits per heavy atom. The molecule has 1 amide bonds. The number of aromatic nitrogens is 3. The number of amides is 1. The standard InChI is InChI=1S/C22H18BrN5O2S/c23-15-3-1-4-16(13-15)30-20-18(5-2-7-24-20)22(29)28-10-8-27(9-11-28)19-17-6-12-31-21(17)26-14-25-19/h1-7,12-14H,8-11H2. The van der Waals surface area contributed by atoms with Crippen LogP contribution in [0.15, 0.2) is 64.8 Å². The minimum absolute atomic E-state index is 0.0823. The molecule has 0 unspecified atom stereocenters. The molecule has 1 fully saturated rings. The zero-order valence-corrected chi connectivity index (χ0v) is 18.8. The number of pyridine rings is 1. The smallest absolute Gasteiger partial charge is 0.259 e. The minimum Gasteiger partial charge on any atom is -0.438 e. The molecule has 9 heteroatoms. The SMILES string of the molecule is O=C(c1cccnc1Oc1cccc(Br)c1)N1CCN(c2ncnc3sccc23)CC1. The van der Waals surface area contributed by atoms with Crippen molar-refractivity contribution in [3.63, 3.8) is 0 Å². The van der Waals surface area contributed by atoms with Gasteiger partial charge in [0, 0.05) is 36.8 Å². The van der Waals surface area contributed by atoms with Gasteiger partial charge in [0.25, 0.3) is 5.91 Å². The third-order valence-electron chi connectivity index (χ3n) is 5.12. The van der Waals surface area contributed by atoms with Crippen LogP contribution in [0.3, 0.4) is 0 Å². The van der Waals surface area contributed by atoms with Gasteiger partial charge in [0.2, 0.25) is 5.88 Å². The lowest BCUT2D eigenvalue weighted by Gasteiger charge is -2.35. The molecule has 0 N–H and O–H groups in total. The molecule has 0 aliphatic carbocycles. The Kier molecular flexibility index (Phi) is 5.52. The predicted molar refractivity (Wildman–Crippen MR) is 124 cm³/mol. The van der Waals surface area contributed by atoms with Crippen LogP contribution in [0.5, 0.6) is 11.6 Å². The van der Waals surface area contributed by atoms with Crippen molar-refractivity contribution in [1.82, 2.24) is 19.9 Å². The first kappa shape index (κ1) is 19.9. The number of fused-ring (bicyclic) bond motifs is 1. The molecule has 156 valence electrons. The van der Waals surface area contributed by atoms with Gasteiger partial charge in [-0.2, -0.15) is 0 Å². The molecular formula is C22H18BrN5O2S. The topological polar surface area (TPSA) is 71.5 Å². The van der Waals surface area contributed by atoms with E-state index in [1.807, 2.05) is 40.6 Å². The normalized spacial score (nSPS) is 14.1. The van der Waals surface area contributed by atoms with Gasteiger partial charge in [-0.15, -0.1) is 11.3 Å². The highest BCUT2D eigenvalue weighted by atomic mass is 79.9. The highest BCUT2D eigenvalue weighted by molar-refractivity contribution is 9.10. The lowest BCUT2D eigenvalue weighted by Crippen LogP contribution is -2.49. The van der Waals surface area contributed by atoms with E-state index in [9.17, 15) is 4.79 Å². The minimum atomic E-state index is -0.0823. The van der Waals surface area contributed by atoms with Gasteiger partial charge in [0.15, 0.2) is 0 Å². The Balaban J connectivity index is 1.31. The van der Waals surface area contributed by atoms with Crippen molar-refractivity contribution in [3.05, 3.63) is 70.4 Å². The first-order valence-corrected chi connectivity index (χ1v) is 11.5. The number of rotatable bonds is 4. The average Bonchev–Trinajstić information content (AvgIpc) is 3.28. The molecule has 3 aromatic heterocycles. The van der Waals surface area contributed by atoms with E-state index in [1.165, 1.54) is 0 Å². The molecular weight excluding hydrogens is 478 g/mol. The second kappa shape index (κ2) is 8.60. The van der Waals surface area contributed by atoms with Crippen molar-refractivity contribution >= 4 is 49.2 Å². The summed E-state index contributed by atoms with van der Waals surface area (Å²) >= 11 is 5.04. The van der Waals surface area contributed by atoms with Crippen molar-refractivity contribution in [2.24, 2.45) is 0 Å². The van der Waals surface area contributed by atoms with Gasteiger partial charge in [-0.05, 0) is 41.8 Å². The number of carbonyl (C=O) groups excluding carboxylic acids is 1. The van der Waals surface area contributed by atoms with E-state index in [0.717, 1.165) is 20.5 Å². The number of hydrogen-bond acceptors (Lipinski definition) is 7. The first-order valence-electron chi connectivity index (χ1n) is 9.80. The molecule has 4 aromatic rings. The molecule has 5 rings (SSSR count). The Bertz CT molecular complexity index is 1240. The number of anilines is 1. The molecule has 1 saturated heterocycles. The van der Waals surface area contributed by atoms with Gasteiger partial charge in [-0.25, -0.2) is 15.0 Å². The van der Waals surface area contributed by atoms with Crippen molar-refractivity contribution < 1.29 is 9.53 Å². The van der Waals surface area contributed by atoms with E-state index in [2.05, 4.69) is 35.8 Å². The molecule has 0 atom stereocenters. The summed E-state index contributed by atoms with van der Waals surface area (Å²) < 4.78 is 6.81. The fourth-order valence-electron chi connectivity index (χ4n) is 3.60. The van der Waals surface area contributed by atoms with E-state index in [1.54, 1.807) is 36.0 Å². The van der Waals surface area contributed by atoms with E-state index in [4.69, 9.17) is 4.74 Å². The van der Waals surface area contributed by atoms with E-state index in [-0.39, 0.29) is 5.91 Å². The lowest BCUT2D eigenvalue weighted by atomic mass is 10.2. The zero-order valence-electron chi connectivity index (χ0n) is 16.4. The first-order chi connectivity index (χ1) is 15.2. The molecule has 0 radical (unpaired) electrons. The maximum absolute atomic E-state index is 13.2. The Morgan fingerprint density at radius 1 is 1.03 bits per heavy atom. The van der Waals surface area contributed by atoms with E-state index >= 15 is 0 Å². The molecule has 1 aromatic carbocycles.